The zero-order chi connectivity index (χ0) is 22.7. The molecule has 1 aliphatic rings. The smallest absolute Gasteiger partial charge is 0.330 e. The molecule has 4 rings (SSSR count). The number of Topliss-reactive ketones (excluding diaryl/α,β-unsaturated/α-hetero) is 1. The predicted molar refractivity (Wildman–Crippen MR) is 113 cm³/mol. The first-order valence-electron chi connectivity index (χ1n) is 9.92. The average molecular weight is 431 g/mol. The lowest BCUT2D eigenvalue weighted by atomic mass is 10.0. The fourth-order valence-electron chi connectivity index (χ4n) is 3.56. The summed E-state index contributed by atoms with van der Waals surface area (Å²) >= 11 is 0. The van der Waals surface area contributed by atoms with Gasteiger partial charge in [-0.05, 0) is 42.0 Å². The van der Waals surface area contributed by atoms with Crippen molar-refractivity contribution in [2.75, 3.05) is 6.61 Å². The van der Waals surface area contributed by atoms with E-state index in [1.54, 1.807) is 42.5 Å². The van der Waals surface area contributed by atoms with Gasteiger partial charge in [0.15, 0.2) is 12.4 Å². The second-order valence-electron chi connectivity index (χ2n) is 7.27. The lowest BCUT2D eigenvalue weighted by Gasteiger charge is -2.24. The van der Waals surface area contributed by atoms with Gasteiger partial charge >= 0.3 is 5.97 Å². The Morgan fingerprint density at radius 2 is 1.38 bits per heavy atom. The van der Waals surface area contributed by atoms with Gasteiger partial charge < -0.3 is 4.74 Å². The highest BCUT2D eigenvalue weighted by atomic mass is 19.1. The molecule has 6 nitrogen and oxygen atoms in total. The fourth-order valence-corrected chi connectivity index (χ4v) is 3.56. The summed E-state index contributed by atoms with van der Waals surface area (Å²) < 4.78 is 18.3. The van der Waals surface area contributed by atoms with Crippen LogP contribution in [-0.4, -0.2) is 41.1 Å². The number of benzene rings is 3. The molecule has 0 unspecified atom stereocenters. The molecule has 32 heavy (non-hydrogen) atoms. The summed E-state index contributed by atoms with van der Waals surface area (Å²) in [5, 5.41) is 0. The monoisotopic (exact) mass is 431 g/mol. The normalized spacial score (nSPS) is 13.6. The standard InChI is InChI=1S/C25H18FNO5/c26-18-12-10-17(11-13-18)22(28)15-32-25(31)21(14-16-6-2-1-3-7-16)27-23(29)19-8-4-5-9-20(19)24(27)30/h1-13,21H,14-15H2/t21-/m0/s1. The second-order valence-corrected chi connectivity index (χ2v) is 7.27. The maximum absolute atomic E-state index is 13.1. The minimum absolute atomic E-state index is 0.0376. The molecule has 3 aromatic rings. The van der Waals surface area contributed by atoms with Gasteiger partial charge in [-0.1, -0.05) is 42.5 Å². The second kappa shape index (κ2) is 8.93. The number of ether oxygens (including phenoxy) is 1. The average Bonchev–Trinajstić information content (AvgIpc) is 3.07. The number of carbonyl (C=O) groups is 4. The van der Waals surface area contributed by atoms with Crippen molar-refractivity contribution in [2.45, 2.75) is 12.5 Å². The number of esters is 1. The van der Waals surface area contributed by atoms with Gasteiger partial charge in [0.25, 0.3) is 11.8 Å². The van der Waals surface area contributed by atoms with Crippen LogP contribution in [0.25, 0.3) is 0 Å². The van der Waals surface area contributed by atoms with E-state index in [1.165, 1.54) is 24.3 Å². The van der Waals surface area contributed by atoms with E-state index in [0.29, 0.717) is 0 Å². The van der Waals surface area contributed by atoms with Gasteiger partial charge in [-0.15, -0.1) is 0 Å². The molecule has 1 heterocycles. The molecule has 0 fully saturated rings. The third-order valence-corrected chi connectivity index (χ3v) is 5.19. The van der Waals surface area contributed by atoms with Crippen LogP contribution < -0.4 is 0 Å². The zero-order valence-corrected chi connectivity index (χ0v) is 16.9. The Kier molecular flexibility index (Phi) is 5.89. The van der Waals surface area contributed by atoms with Crippen LogP contribution in [0.4, 0.5) is 4.39 Å². The summed E-state index contributed by atoms with van der Waals surface area (Å²) in [5.41, 5.74) is 1.33. The summed E-state index contributed by atoms with van der Waals surface area (Å²) in [6, 6.07) is 18.8. The van der Waals surface area contributed by atoms with Crippen LogP contribution in [0.3, 0.4) is 0 Å². The molecular weight excluding hydrogens is 413 g/mol. The lowest BCUT2D eigenvalue weighted by molar-refractivity contribution is -0.147. The topological polar surface area (TPSA) is 80.8 Å². The van der Waals surface area contributed by atoms with Gasteiger partial charge in [0.1, 0.15) is 11.9 Å². The molecule has 0 saturated heterocycles. The van der Waals surface area contributed by atoms with E-state index in [0.717, 1.165) is 22.6 Å². The highest BCUT2D eigenvalue weighted by Gasteiger charge is 2.43. The number of hydrogen-bond donors (Lipinski definition) is 0. The molecule has 2 amide bonds. The first-order valence-corrected chi connectivity index (χ1v) is 9.92. The molecule has 7 heteroatoms. The molecule has 0 aromatic heterocycles. The van der Waals surface area contributed by atoms with Crippen LogP contribution in [-0.2, 0) is 16.0 Å². The van der Waals surface area contributed by atoms with Crippen LogP contribution in [0.2, 0.25) is 0 Å². The van der Waals surface area contributed by atoms with Crippen LogP contribution >= 0.6 is 0 Å². The molecule has 3 aromatic carbocycles. The molecule has 1 aliphatic heterocycles. The molecule has 1 atom stereocenters. The summed E-state index contributed by atoms with van der Waals surface area (Å²) in [7, 11) is 0. The molecule has 160 valence electrons. The van der Waals surface area contributed by atoms with Crippen molar-refractivity contribution >= 4 is 23.6 Å². The Bertz CT molecular complexity index is 1160. The molecule has 0 bridgehead atoms. The highest BCUT2D eigenvalue weighted by molar-refractivity contribution is 6.22. The molecular formula is C25H18FNO5. The van der Waals surface area contributed by atoms with E-state index in [9.17, 15) is 23.6 Å². The largest absolute Gasteiger partial charge is 0.456 e. The number of nitrogens with zero attached hydrogens (tertiary/aromatic N) is 1. The van der Waals surface area contributed by atoms with Crippen molar-refractivity contribution in [1.29, 1.82) is 0 Å². The van der Waals surface area contributed by atoms with Crippen LogP contribution in [0.15, 0.2) is 78.9 Å². The Labute approximate surface area is 183 Å². The van der Waals surface area contributed by atoms with Crippen LogP contribution in [0.1, 0.15) is 36.6 Å². The fraction of sp³-hybridized carbons (Fsp3) is 0.120. The van der Waals surface area contributed by atoms with Crippen LogP contribution in [0, 0.1) is 5.82 Å². The van der Waals surface area contributed by atoms with Gasteiger partial charge in [0.2, 0.25) is 0 Å². The number of carbonyl (C=O) groups excluding carboxylic acids is 4. The Morgan fingerprint density at radius 3 is 1.97 bits per heavy atom. The first kappa shape index (κ1) is 21.1. The Hall–Kier alpha value is -4.13. The minimum Gasteiger partial charge on any atom is -0.456 e. The Morgan fingerprint density at radius 1 is 0.812 bits per heavy atom. The lowest BCUT2D eigenvalue weighted by Crippen LogP contribution is -2.47. The van der Waals surface area contributed by atoms with E-state index in [1.807, 2.05) is 0 Å². The van der Waals surface area contributed by atoms with Gasteiger partial charge in [-0.3, -0.25) is 19.3 Å². The summed E-state index contributed by atoms with van der Waals surface area (Å²) in [5.74, 6) is -3.08. The van der Waals surface area contributed by atoms with E-state index in [4.69, 9.17) is 4.74 Å². The molecule has 0 aliphatic carbocycles. The van der Waals surface area contributed by atoms with Gasteiger partial charge in [-0.25, -0.2) is 9.18 Å². The van der Waals surface area contributed by atoms with Crippen molar-refractivity contribution in [3.8, 4) is 0 Å². The van der Waals surface area contributed by atoms with Gasteiger partial charge in [0.05, 0.1) is 11.1 Å². The predicted octanol–water partition coefficient (Wildman–Crippen LogP) is 3.46. The first-order chi connectivity index (χ1) is 15.5. The minimum atomic E-state index is -1.24. The highest BCUT2D eigenvalue weighted by Crippen LogP contribution is 2.26. The molecule has 0 spiro atoms. The maximum atomic E-state index is 13.1. The van der Waals surface area contributed by atoms with Crippen molar-refractivity contribution in [2.24, 2.45) is 0 Å². The number of halogens is 1. The van der Waals surface area contributed by atoms with E-state index < -0.39 is 42.0 Å². The maximum Gasteiger partial charge on any atom is 0.330 e. The zero-order valence-electron chi connectivity index (χ0n) is 16.9. The SMILES string of the molecule is O=C(COC(=O)[C@H](Cc1ccccc1)N1C(=O)c2ccccc2C1=O)c1ccc(F)cc1. The number of fused-ring (bicyclic) bond motifs is 1. The van der Waals surface area contributed by atoms with Gasteiger partial charge in [0, 0.05) is 12.0 Å². The molecule has 0 radical (unpaired) electrons. The number of ketones is 1. The summed E-state index contributed by atoms with van der Waals surface area (Å²) in [6.07, 6.45) is 0.0376. The third kappa shape index (κ3) is 4.18. The summed E-state index contributed by atoms with van der Waals surface area (Å²) in [6.45, 7) is -0.598. The van der Waals surface area contributed by atoms with E-state index in [-0.39, 0.29) is 23.1 Å². The summed E-state index contributed by atoms with van der Waals surface area (Å²) in [4.78, 5) is 52.1. The Balaban J connectivity index is 1.56. The van der Waals surface area contributed by atoms with Crippen molar-refractivity contribution in [3.63, 3.8) is 0 Å². The van der Waals surface area contributed by atoms with Crippen molar-refractivity contribution in [1.82, 2.24) is 4.90 Å². The van der Waals surface area contributed by atoms with E-state index >= 15 is 0 Å². The molecule has 0 N–H and O–H groups in total. The number of hydrogen-bond acceptors (Lipinski definition) is 5. The van der Waals surface area contributed by atoms with Crippen molar-refractivity contribution in [3.05, 3.63) is 107 Å². The van der Waals surface area contributed by atoms with Gasteiger partial charge in [-0.2, -0.15) is 0 Å². The van der Waals surface area contributed by atoms with Crippen LogP contribution in [0.5, 0.6) is 0 Å². The van der Waals surface area contributed by atoms with E-state index in [2.05, 4.69) is 0 Å². The number of rotatable bonds is 7. The third-order valence-electron chi connectivity index (χ3n) is 5.19. The quantitative estimate of drug-likeness (QED) is 0.325. The number of amides is 2. The number of imide groups is 1. The van der Waals surface area contributed by atoms with Crippen molar-refractivity contribution < 1.29 is 28.3 Å². The molecule has 0 saturated carbocycles.